The van der Waals surface area contributed by atoms with Crippen LogP contribution >= 0.6 is 11.6 Å². The lowest BCUT2D eigenvalue weighted by molar-refractivity contribution is 0.214. The summed E-state index contributed by atoms with van der Waals surface area (Å²) in [5.41, 5.74) is 1.97. The molecule has 36 heavy (non-hydrogen) atoms. The molecule has 1 aromatic heterocycles. The van der Waals surface area contributed by atoms with Crippen LogP contribution in [0.1, 0.15) is 26.3 Å². The Hall–Kier alpha value is -3.64. The predicted molar refractivity (Wildman–Crippen MR) is 142 cm³/mol. The Balaban J connectivity index is 1.62. The Labute approximate surface area is 215 Å². The number of rotatable bonds is 8. The Morgan fingerprint density at radius 2 is 1.53 bits per heavy atom. The standard InChI is InChI=1S/C29H29ClO6/c1-29(2,3)19-7-10-21(11-8-19)34-14-15-35-28-26(31)22-17-20(30)9-13-23(22)36-27(28)18-6-12-24(32-4)25(16-18)33-5/h6-13,16-17H,14-15H2,1-5H3. The molecule has 3 aromatic carbocycles. The summed E-state index contributed by atoms with van der Waals surface area (Å²) in [6, 6.07) is 18.1. The highest BCUT2D eigenvalue weighted by Gasteiger charge is 2.20. The molecule has 0 fully saturated rings. The molecule has 4 aromatic rings. The molecule has 0 amide bonds. The summed E-state index contributed by atoms with van der Waals surface area (Å²) in [5.74, 6) is 2.14. The van der Waals surface area contributed by atoms with Crippen LogP contribution in [-0.4, -0.2) is 27.4 Å². The first-order valence-corrected chi connectivity index (χ1v) is 11.9. The van der Waals surface area contributed by atoms with Crippen LogP contribution in [0, 0.1) is 0 Å². The number of benzene rings is 3. The van der Waals surface area contributed by atoms with Crippen molar-refractivity contribution >= 4 is 22.6 Å². The molecule has 0 saturated heterocycles. The van der Waals surface area contributed by atoms with Crippen molar-refractivity contribution in [2.24, 2.45) is 0 Å². The molecule has 1 heterocycles. The van der Waals surface area contributed by atoms with Crippen LogP contribution in [0.3, 0.4) is 0 Å². The van der Waals surface area contributed by atoms with E-state index in [9.17, 15) is 4.79 Å². The van der Waals surface area contributed by atoms with E-state index in [1.165, 1.54) is 5.56 Å². The van der Waals surface area contributed by atoms with Gasteiger partial charge in [-0.25, -0.2) is 0 Å². The van der Waals surface area contributed by atoms with E-state index in [0.717, 1.165) is 5.75 Å². The fraction of sp³-hybridized carbons (Fsp3) is 0.276. The molecule has 0 saturated carbocycles. The molecule has 6 nitrogen and oxygen atoms in total. The lowest BCUT2D eigenvalue weighted by atomic mass is 9.87. The summed E-state index contributed by atoms with van der Waals surface area (Å²) < 4.78 is 28.7. The van der Waals surface area contributed by atoms with E-state index in [-0.39, 0.29) is 35.6 Å². The van der Waals surface area contributed by atoms with Gasteiger partial charge >= 0.3 is 0 Å². The summed E-state index contributed by atoms with van der Waals surface area (Å²) in [5, 5.41) is 0.766. The van der Waals surface area contributed by atoms with Gasteiger partial charge in [0, 0.05) is 10.6 Å². The lowest BCUT2D eigenvalue weighted by Gasteiger charge is -2.19. The zero-order valence-electron chi connectivity index (χ0n) is 21.0. The van der Waals surface area contributed by atoms with Crippen LogP contribution in [0.15, 0.2) is 69.9 Å². The first-order valence-electron chi connectivity index (χ1n) is 11.6. The molecule has 188 valence electrons. The van der Waals surface area contributed by atoms with Gasteiger partial charge in [-0.1, -0.05) is 44.5 Å². The van der Waals surface area contributed by atoms with Gasteiger partial charge in [-0.2, -0.15) is 0 Å². The normalized spacial score (nSPS) is 11.4. The van der Waals surface area contributed by atoms with Gasteiger partial charge in [0.15, 0.2) is 17.3 Å². The van der Waals surface area contributed by atoms with Gasteiger partial charge in [-0.05, 0) is 59.5 Å². The predicted octanol–water partition coefficient (Wildman–Crippen LogP) is 6.89. The zero-order chi connectivity index (χ0) is 25.9. The maximum Gasteiger partial charge on any atom is 0.235 e. The Bertz CT molecular complexity index is 1420. The fourth-order valence-corrected chi connectivity index (χ4v) is 3.98. The second-order valence-electron chi connectivity index (χ2n) is 9.27. The second kappa shape index (κ2) is 10.5. The maximum absolute atomic E-state index is 13.4. The van der Waals surface area contributed by atoms with Crippen molar-refractivity contribution in [1.82, 2.24) is 0 Å². The van der Waals surface area contributed by atoms with Gasteiger partial charge in [-0.15, -0.1) is 0 Å². The number of halogens is 1. The van der Waals surface area contributed by atoms with E-state index in [1.54, 1.807) is 50.6 Å². The van der Waals surface area contributed by atoms with Gasteiger partial charge in [0.2, 0.25) is 11.2 Å². The Morgan fingerprint density at radius 1 is 0.833 bits per heavy atom. The lowest BCUT2D eigenvalue weighted by Crippen LogP contribution is -2.15. The van der Waals surface area contributed by atoms with Crippen LogP contribution in [0.4, 0.5) is 0 Å². The number of hydrogen-bond donors (Lipinski definition) is 0. The number of hydrogen-bond acceptors (Lipinski definition) is 6. The van der Waals surface area contributed by atoms with E-state index in [1.807, 2.05) is 24.3 Å². The summed E-state index contributed by atoms with van der Waals surface area (Å²) in [6.45, 7) is 6.87. The largest absolute Gasteiger partial charge is 0.493 e. The topological polar surface area (TPSA) is 67.1 Å². The molecule has 0 N–H and O–H groups in total. The summed E-state index contributed by atoms with van der Waals surface area (Å²) in [7, 11) is 3.10. The Morgan fingerprint density at radius 3 is 2.19 bits per heavy atom. The smallest absolute Gasteiger partial charge is 0.235 e. The second-order valence-corrected chi connectivity index (χ2v) is 9.71. The third-order valence-electron chi connectivity index (χ3n) is 5.78. The van der Waals surface area contributed by atoms with Crippen molar-refractivity contribution in [1.29, 1.82) is 0 Å². The molecule has 4 rings (SSSR count). The minimum atomic E-state index is -0.321. The first kappa shape index (κ1) is 25.5. The monoisotopic (exact) mass is 508 g/mol. The third-order valence-corrected chi connectivity index (χ3v) is 6.01. The van der Waals surface area contributed by atoms with E-state index in [2.05, 4.69) is 20.8 Å². The zero-order valence-corrected chi connectivity index (χ0v) is 21.8. The van der Waals surface area contributed by atoms with Crippen LogP contribution in [0.5, 0.6) is 23.0 Å². The highest BCUT2D eigenvalue weighted by Crippen LogP contribution is 2.37. The molecule has 0 radical (unpaired) electrons. The number of ether oxygens (including phenoxy) is 4. The molecular formula is C29H29ClO6. The van der Waals surface area contributed by atoms with Gasteiger partial charge in [-0.3, -0.25) is 4.79 Å². The molecule has 0 spiro atoms. The average molecular weight is 509 g/mol. The fourth-order valence-electron chi connectivity index (χ4n) is 3.80. The summed E-state index contributed by atoms with van der Waals surface area (Å²) in [6.07, 6.45) is 0. The molecule has 0 aliphatic rings. The molecule has 7 heteroatoms. The molecular weight excluding hydrogens is 480 g/mol. The highest BCUT2D eigenvalue weighted by atomic mass is 35.5. The molecule has 0 aliphatic heterocycles. The SMILES string of the molecule is COc1ccc(-c2oc3ccc(Cl)cc3c(=O)c2OCCOc2ccc(C(C)(C)C)cc2)cc1OC. The third kappa shape index (κ3) is 5.44. The summed E-state index contributed by atoms with van der Waals surface area (Å²) in [4.78, 5) is 13.4. The van der Waals surface area contributed by atoms with Gasteiger partial charge < -0.3 is 23.4 Å². The van der Waals surface area contributed by atoms with Crippen molar-refractivity contribution in [3.05, 3.63) is 81.5 Å². The average Bonchev–Trinajstić information content (AvgIpc) is 2.87. The van der Waals surface area contributed by atoms with E-state index in [4.69, 9.17) is 35.0 Å². The van der Waals surface area contributed by atoms with Crippen molar-refractivity contribution in [2.75, 3.05) is 27.4 Å². The van der Waals surface area contributed by atoms with Crippen LogP contribution in [0.2, 0.25) is 5.02 Å². The van der Waals surface area contributed by atoms with Crippen LogP contribution in [0.25, 0.3) is 22.3 Å². The number of methoxy groups -OCH3 is 2. The van der Waals surface area contributed by atoms with Gasteiger partial charge in [0.25, 0.3) is 0 Å². The molecule has 0 aliphatic carbocycles. The summed E-state index contributed by atoms with van der Waals surface area (Å²) >= 11 is 6.13. The Kier molecular flexibility index (Phi) is 7.45. The minimum absolute atomic E-state index is 0.0647. The van der Waals surface area contributed by atoms with Crippen molar-refractivity contribution < 1.29 is 23.4 Å². The van der Waals surface area contributed by atoms with E-state index < -0.39 is 0 Å². The van der Waals surface area contributed by atoms with Crippen LogP contribution in [-0.2, 0) is 5.41 Å². The van der Waals surface area contributed by atoms with Crippen molar-refractivity contribution in [2.45, 2.75) is 26.2 Å². The molecule has 0 atom stereocenters. The highest BCUT2D eigenvalue weighted by molar-refractivity contribution is 6.31. The molecule has 0 bridgehead atoms. The van der Waals surface area contributed by atoms with Crippen molar-refractivity contribution in [3.63, 3.8) is 0 Å². The minimum Gasteiger partial charge on any atom is -0.493 e. The molecule has 0 unspecified atom stereocenters. The van der Waals surface area contributed by atoms with Gasteiger partial charge in [0.05, 0.1) is 19.6 Å². The number of fused-ring (bicyclic) bond motifs is 1. The maximum atomic E-state index is 13.4. The van der Waals surface area contributed by atoms with E-state index in [0.29, 0.717) is 33.1 Å². The van der Waals surface area contributed by atoms with Gasteiger partial charge in [0.1, 0.15) is 24.5 Å². The van der Waals surface area contributed by atoms with Crippen molar-refractivity contribution in [3.8, 4) is 34.3 Å². The van der Waals surface area contributed by atoms with E-state index >= 15 is 0 Å². The quantitative estimate of drug-likeness (QED) is 0.241. The first-order chi connectivity index (χ1) is 17.2. The van der Waals surface area contributed by atoms with Crippen LogP contribution < -0.4 is 24.4 Å².